The third kappa shape index (κ3) is 11.0. The second-order valence-corrected chi connectivity index (χ2v) is 3.30. The normalized spacial score (nSPS) is 11.1. The number of carboxylic acid groups (broad SMARTS) is 1. The van der Waals surface area contributed by atoms with Crippen molar-refractivity contribution in [2.24, 2.45) is 0 Å². The Labute approximate surface area is 86.9 Å². The highest BCUT2D eigenvalue weighted by atomic mass is 32.2. The van der Waals surface area contributed by atoms with Gasteiger partial charge in [-0.1, -0.05) is 0 Å². The van der Waals surface area contributed by atoms with Gasteiger partial charge in [0, 0.05) is 0 Å². The Balaban J connectivity index is 3.46. The Hall–Kier alpha value is -0.960. The minimum atomic E-state index is -4.51. The molecule has 0 unspecified atom stereocenters. The standard InChI is InChI=1S/C6H8F3NO4S/c7-6(8,9)3-14-10-4(11)1-15-2-5(12)13/h1-3H2,(H,10,11)(H,12,13). The Morgan fingerprint density at radius 3 is 2.40 bits per heavy atom. The number of thioether (sulfide) groups is 1. The van der Waals surface area contributed by atoms with E-state index < -0.39 is 24.7 Å². The van der Waals surface area contributed by atoms with Crippen LogP contribution < -0.4 is 5.48 Å². The lowest BCUT2D eigenvalue weighted by Gasteiger charge is -2.07. The van der Waals surface area contributed by atoms with E-state index in [0.717, 1.165) is 11.8 Å². The highest BCUT2D eigenvalue weighted by molar-refractivity contribution is 8.00. The fraction of sp³-hybridized carbons (Fsp3) is 0.667. The van der Waals surface area contributed by atoms with Gasteiger partial charge in [-0.15, -0.1) is 11.8 Å². The van der Waals surface area contributed by atoms with Gasteiger partial charge in [0.2, 0.25) is 0 Å². The number of hydroxylamine groups is 1. The van der Waals surface area contributed by atoms with Gasteiger partial charge in [0.1, 0.15) is 0 Å². The molecule has 9 heteroatoms. The molecule has 2 N–H and O–H groups in total. The van der Waals surface area contributed by atoms with Crippen molar-refractivity contribution >= 4 is 23.6 Å². The molecular weight excluding hydrogens is 239 g/mol. The molecule has 15 heavy (non-hydrogen) atoms. The molecule has 0 saturated carbocycles. The van der Waals surface area contributed by atoms with E-state index in [2.05, 4.69) is 4.84 Å². The molecule has 0 aliphatic heterocycles. The molecule has 0 aliphatic carbocycles. The van der Waals surface area contributed by atoms with E-state index in [0.29, 0.717) is 0 Å². The van der Waals surface area contributed by atoms with Crippen molar-refractivity contribution in [2.45, 2.75) is 6.18 Å². The number of alkyl halides is 3. The van der Waals surface area contributed by atoms with Crippen molar-refractivity contribution in [3.8, 4) is 0 Å². The summed E-state index contributed by atoms with van der Waals surface area (Å²) in [5, 5.41) is 8.18. The molecule has 0 radical (unpaired) electrons. The average Bonchev–Trinajstić information content (AvgIpc) is 2.00. The smallest absolute Gasteiger partial charge is 0.414 e. The Morgan fingerprint density at radius 2 is 1.93 bits per heavy atom. The van der Waals surface area contributed by atoms with Gasteiger partial charge in [-0.2, -0.15) is 13.2 Å². The molecule has 0 heterocycles. The Morgan fingerprint density at radius 1 is 1.33 bits per heavy atom. The van der Waals surface area contributed by atoms with Crippen LogP contribution >= 0.6 is 11.8 Å². The van der Waals surface area contributed by atoms with Crippen LogP contribution in [0.1, 0.15) is 0 Å². The molecule has 0 aromatic rings. The van der Waals surface area contributed by atoms with Crippen LogP contribution in [0.25, 0.3) is 0 Å². The Kier molecular flexibility index (Phi) is 6.09. The van der Waals surface area contributed by atoms with Crippen molar-refractivity contribution in [2.75, 3.05) is 18.1 Å². The Bertz CT molecular complexity index is 233. The van der Waals surface area contributed by atoms with Crippen LogP contribution in [0.5, 0.6) is 0 Å². The second-order valence-electron chi connectivity index (χ2n) is 2.32. The summed E-state index contributed by atoms with van der Waals surface area (Å²) >= 11 is 0.755. The summed E-state index contributed by atoms with van der Waals surface area (Å²) < 4.78 is 34.5. The molecule has 0 fully saturated rings. The number of carboxylic acids is 1. The fourth-order valence-electron chi connectivity index (χ4n) is 0.459. The molecule has 0 aromatic heterocycles. The minimum Gasteiger partial charge on any atom is -0.481 e. The molecular formula is C6H8F3NO4S. The van der Waals surface area contributed by atoms with E-state index in [4.69, 9.17) is 5.11 Å². The number of rotatable bonds is 6. The monoisotopic (exact) mass is 247 g/mol. The number of hydrogen-bond acceptors (Lipinski definition) is 4. The number of carbonyl (C=O) groups excluding carboxylic acids is 1. The van der Waals surface area contributed by atoms with Crippen LogP contribution in [0.4, 0.5) is 13.2 Å². The maximum absolute atomic E-state index is 11.5. The molecule has 0 bridgehead atoms. The fourth-order valence-corrected chi connectivity index (χ4v) is 0.980. The largest absolute Gasteiger partial charge is 0.481 e. The van der Waals surface area contributed by atoms with Crippen LogP contribution in [-0.2, 0) is 14.4 Å². The summed E-state index contributed by atoms with van der Waals surface area (Å²) in [6.45, 7) is -1.58. The summed E-state index contributed by atoms with van der Waals surface area (Å²) in [7, 11) is 0. The molecule has 0 spiro atoms. The number of amides is 1. The number of aliphatic carboxylic acids is 1. The lowest BCUT2D eigenvalue weighted by Crippen LogP contribution is -2.30. The maximum atomic E-state index is 11.5. The predicted octanol–water partition coefficient (Wildman–Crippen LogP) is 0.414. The summed E-state index contributed by atoms with van der Waals surface area (Å²) in [5.41, 5.74) is 1.54. The first kappa shape index (κ1) is 14.0. The van der Waals surface area contributed by atoms with Gasteiger partial charge in [-0.3, -0.25) is 14.4 Å². The number of carbonyl (C=O) groups is 2. The van der Waals surface area contributed by atoms with E-state index in [9.17, 15) is 22.8 Å². The summed E-state index contributed by atoms with van der Waals surface area (Å²) in [6, 6.07) is 0. The summed E-state index contributed by atoms with van der Waals surface area (Å²) in [4.78, 5) is 24.5. The SMILES string of the molecule is O=C(O)CSCC(=O)NOCC(F)(F)F. The third-order valence-electron chi connectivity index (χ3n) is 0.881. The lowest BCUT2D eigenvalue weighted by molar-refractivity contribution is -0.191. The van der Waals surface area contributed by atoms with E-state index in [1.807, 2.05) is 0 Å². The highest BCUT2D eigenvalue weighted by Crippen LogP contribution is 2.13. The average molecular weight is 247 g/mol. The summed E-state index contributed by atoms with van der Waals surface area (Å²) in [5.74, 6) is -2.49. The molecule has 0 saturated heterocycles. The molecule has 88 valence electrons. The molecule has 0 aromatic carbocycles. The van der Waals surface area contributed by atoms with Crippen molar-refractivity contribution in [3.05, 3.63) is 0 Å². The number of hydrogen-bond donors (Lipinski definition) is 2. The van der Waals surface area contributed by atoms with Crippen molar-refractivity contribution in [1.82, 2.24) is 5.48 Å². The third-order valence-corrected chi connectivity index (χ3v) is 1.80. The quantitative estimate of drug-likeness (QED) is 0.665. The van der Waals surface area contributed by atoms with E-state index >= 15 is 0 Å². The van der Waals surface area contributed by atoms with E-state index in [-0.39, 0.29) is 11.5 Å². The van der Waals surface area contributed by atoms with Gasteiger partial charge in [0.05, 0.1) is 11.5 Å². The molecule has 0 aliphatic rings. The lowest BCUT2D eigenvalue weighted by atomic mass is 10.7. The molecule has 0 rings (SSSR count). The van der Waals surface area contributed by atoms with Gasteiger partial charge in [-0.05, 0) is 0 Å². The van der Waals surface area contributed by atoms with Gasteiger partial charge in [0.25, 0.3) is 5.91 Å². The molecule has 1 amide bonds. The molecule has 0 atom stereocenters. The van der Waals surface area contributed by atoms with Crippen LogP contribution in [0.2, 0.25) is 0 Å². The van der Waals surface area contributed by atoms with Gasteiger partial charge < -0.3 is 5.11 Å². The molecule has 5 nitrogen and oxygen atoms in total. The van der Waals surface area contributed by atoms with Gasteiger partial charge in [-0.25, -0.2) is 5.48 Å². The first-order chi connectivity index (χ1) is 6.81. The first-order valence-electron chi connectivity index (χ1n) is 3.58. The number of halogens is 3. The minimum absolute atomic E-state index is 0.274. The first-order valence-corrected chi connectivity index (χ1v) is 4.73. The van der Waals surface area contributed by atoms with Crippen LogP contribution in [0, 0.1) is 0 Å². The van der Waals surface area contributed by atoms with Crippen molar-refractivity contribution < 1.29 is 32.7 Å². The topological polar surface area (TPSA) is 75.6 Å². The van der Waals surface area contributed by atoms with Crippen molar-refractivity contribution in [3.63, 3.8) is 0 Å². The number of nitrogens with one attached hydrogen (secondary N) is 1. The predicted molar refractivity (Wildman–Crippen MR) is 45.1 cm³/mol. The van der Waals surface area contributed by atoms with Crippen LogP contribution in [0.15, 0.2) is 0 Å². The summed E-state index contributed by atoms with van der Waals surface area (Å²) in [6.07, 6.45) is -4.51. The zero-order valence-electron chi connectivity index (χ0n) is 7.34. The van der Waals surface area contributed by atoms with Gasteiger partial charge in [0.15, 0.2) is 6.61 Å². The van der Waals surface area contributed by atoms with Crippen molar-refractivity contribution in [1.29, 1.82) is 0 Å². The zero-order valence-corrected chi connectivity index (χ0v) is 8.15. The van der Waals surface area contributed by atoms with Crippen LogP contribution in [0.3, 0.4) is 0 Å². The van der Waals surface area contributed by atoms with E-state index in [1.165, 1.54) is 0 Å². The maximum Gasteiger partial charge on any atom is 0.414 e. The van der Waals surface area contributed by atoms with Gasteiger partial charge >= 0.3 is 12.1 Å². The second kappa shape index (κ2) is 6.51. The van der Waals surface area contributed by atoms with E-state index in [1.54, 1.807) is 5.48 Å². The van der Waals surface area contributed by atoms with Crippen LogP contribution in [-0.4, -0.2) is 41.3 Å². The zero-order chi connectivity index (χ0) is 11.9. The highest BCUT2D eigenvalue weighted by Gasteiger charge is 2.28.